The van der Waals surface area contributed by atoms with Crippen molar-refractivity contribution in [1.29, 1.82) is 0 Å². The maximum absolute atomic E-state index is 5.12. The van der Waals surface area contributed by atoms with E-state index < -0.39 is 0 Å². The van der Waals surface area contributed by atoms with Gasteiger partial charge in [-0.05, 0) is 13.8 Å². The monoisotopic (exact) mass is 194 g/mol. The molecule has 2 aromatic heterocycles. The van der Waals surface area contributed by atoms with E-state index in [0.29, 0.717) is 0 Å². The van der Waals surface area contributed by atoms with Gasteiger partial charge < -0.3 is 5.84 Å². The zero-order valence-corrected chi connectivity index (χ0v) is 8.30. The number of aromatic nitrogens is 2. The second-order valence-electron chi connectivity index (χ2n) is 2.86. The van der Waals surface area contributed by atoms with Crippen LogP contribution in [0.3, 0.4) is 0 Å². The summed E-state index contributed by atoms with van der Waals surface area (Å²) >= 11 is 1.66. The molecule has 4 nitrogen and oxygen atoms in total. The van der Waals surface area contributed by atoms with Crippen molar-refractivity contribution in [1.82, 2.24) is 9.38 Å². The normalized spacial score (nSPS) is 11.8. The molecule has 0 aromatic carbocycles. The molecule has 2 aromatic rings. The summed E-state index contributed by atoms with van der Waals surface area (Å²) in [6.45, 7) is 4.00. The Bertz CT molecular complexity index is 466. The summed E-state index contributed by atoms with van der Waals surface area (Å²) in [6.07, 6.45) is 3.67. The van der Waals surface area contributed by atoms with Gasteiger partial charge in [0.1, 0.15) is 0 Å². The minimum atomic E-state index is 0.959. The number of thiazole rings is 1. The van der Waals surface area contributed by atoms with E-state index in [-0.39, 0.29) is 0 Å². The molecule has 0 unspecified atom stereocenters. The van der Waals surface area contributed by atoms with Crippen LogP contribution in [0.25, 0.3) is 4.96 Å². The number of hydrazone groups is 1. The smallest absolute Gasteiger partial charge is 0.194 e. The lowest BCUT2D eigenvalue weighted by Crippen LogP contribution is -1.93. The van der Waals surface area contributed by atoms with Crippen LogP contribution in [0, 0.1) is 13.8 Å². The number of aryl methyl sites for hydroxylation is 2. The van der Waals surface area contributed by atoms with Crippen LogP contribution in [0.5, 0.6) is 0 Å². The van der Waals surface area contributed by atoms with Gasteiger partial charge in [0.15, 0.2) is 4.96 Å². The summed E-state index contributed by atoms with van der Waals surface area (Å²) in [4.78, 5) is 6.61. The number of hydrogen-bond donors (Lipinski definition) is 1. The molecule has 0 amide bonds. The van der Waals surface area contributed by atoms with Crippen molar-refractivity contribution in [3.8, 4) is 0 Å². The third-order valence-electron chi connectivity index (χ3n) is 1.86. The molecule has 0 atom stereocenters. The Morgan fingerprint density at radius 3 is 3.08 bits per heavy atom. The van der Waals surface area contributed by atoms with Crippen molar-refractivity contribution in [2.45, 2.75) is 13.8 Å². The van der Waals surface area contributed by atoms with Gasteiger partial charge in [0.05, 0.1) is 17.6 Å². The third-order valence-corrected chi connectivity index (χ3v) is 2.76. The number of fused-ring (bicyclic) bond motifs is 1. The van der Waals surface area contributed by atoms with Crippen molar-refractivity contribution in [3.05, 3.63) is 22.5 Å². The Hall–Kier alpha value is -1.36. The van der Waals surface area contributed by atoms with Crippen LogP contribution in [-0.4, -0.2) is 15.6 Å². The summed E-state index contributed by atoms with van der Waals surface area (Å²) in [6, 6.07) is 0. The molecule has 0 spiro atoms. The molecule has 0 fully saturated rings. The Balaban J connectivity index is 2.75. The summed E-state index contributed by atoms with van der Waals surface area (Å²) in [5, 5.41) is 3.52. The largest absolute Gasteiger partial charge is 0.323 e. The molecule has 2 rings (SSSR count). The first-order chi connectivity index (χ1) is 6.22. The lowest BCUT2D eigenvalue weighted by molar-refractivity contribution is 1.17. The lowest BCUT2D eigenvalue weighted by Gasteiger charge is -1.89. The topological polar surface area (TPSA) is 55.7 Å². The fourth-order valence-corrected chi connectivity index (χ4v) is 2.19. The van der Waals surface area contributed by atoms with E-state index in [2.05, 4.69) is 17.0 Å². The first kappa shape index (κ1) is 8.25. The molecular formula is C8H10N4S. The van der Waals surface area contributed by atoms with E-state index >= 15 is 0 Å². The maximum atomic E-state index is 5.12. The minimum absolute atomic E-state index is 0.959. The van der Waals surface area contributed by atoms with E-state index in [9.17, 15) is 0 Å². The van der Waals surface area contributed by atoms with E-state index in [4.69, 9.17) is 5.84 Å². The van der Waals surface area contributed by atoms with Gasteiger partial charge in [-0.25, -0.2) is 4.98 Å². The van der Waals surface area contributed by atoms with Gasteiger partial charge in [0.25, 0.3) is 0 Å². The molecule has 2 heterocycles. The maximum Gasteiger partial charge on any atom is 0.194 e. The molecule has 0 saturated heterocycles. The van der Waals surface area contributed by atoms with Crippen molar-refractivity contribution >= 4 is 22.5 Å². The highest BCUT2D eigenvalue weighted by atomic mass is 32.1. The molecule has 13 heavy (non-hydrogen) atoms. The van der Waals surface area contributed by atoms with E-state index in [0.717, 1.165) is 16.3 Å². The molecule has 68 valence electrons. The third kappa shape index (κ3) is 1.21. The Morgan fingerprint density at radius 1 is 1.62 bits per heavy atom. The molecule has 0 aliphatic rings. The number of imidazole rings is 1. The Labute approximate surface area is 79.7 Å². The SMILES string of the molecule is Cc1cn2c(/C=N/N)c(C)nc2s1. The van der Waals surface area contributed by atoms with Gasteiger partial charge in [-0.1, -0.05) is 0 Å². The zero-order valence-electron chi connectivity index (χ0n) is 7.48. The molecule has 0 radical (unpaired) electrons. The first-order valence-corrected chi connectivity index (χ1v) is 4.72. The van der Waals surface area contributed by atoms with E-state index in [1.807, 2.05) is 17.5 Å². The molecule has 2 N–H and O–H groups in total. The number of hydrogen-bond acceptors (Lipinski definition) is 4. The molecular weight excluding hydrogens is 184 g/mol. The minimum Gasteiger partial charge on any atom is -0.323 e. The Kier molecular flexibility index (Phi) is 1.81. The fraction of sp³-hybridized carbons (Fsp3) is 0.250. The quantitative estimate of drug-likeness (QED) is 0.422. The summed E-state index contributed by atoms with van der Waals surface area (Å²) in [5.74, 6) is 5.12. The summed E-state index contributed by atoms with van der Waals surface area (Å²) < 4.78 is 2.01. The number of nitrogens with zero attached hydrogens (tertiary/aromatic N) is 3. The molecule has 0 bridgehead atoms. The van der Waals surface area contributed by atoms with Crippen molar-refractivity contribution in [2.24, 2.45) is 10.9 Å². The van der Waals surface area contributed by atoms with Crippen LogP contribution >= 0.6 is 11.3 Å². The van der Waals surface area contributed by atoms with Gasteiger partial charge in [0.2, 0.25) is 0 Å². The van der Waals surface area contributed by atoms with Crippen LogP contribution in [0.4, 0.5) is 0 Å². The first-order valence-electron chi connectivity index (χ1n) is 3.90. The zero-order chi connectivity index (χ0) is 9.42. The van der Waals surface area contributed by atoms with E-state index in [1.165, 1.54) is 4.88 Å². The molecule has 0 aliphatic carbocycles. The predicted molar refractivity (Wildman–Crippen MR) is 54.3 cm³/mol. The van der Waals surface area contributed by atoms with Gasteiger partial charge in [-0.3, -0.25) is 4.40 Å². The second-order valence-corrected chi connectivity index (χ2v) is 4.07. The highest BCUT2D eigenvalue weighted by Gasteiger charge is 2.08. The summed E-state index contributed by atoms with van der Waals surface area (Å²) in [7, 11) is 0. The van der Waals surface area contributed by atoms with Crippen LogP contribution in [0.2, 0.25) is 0 Å². The average Bonchev–Trinajstić information content (AvgIpc) is 2.52. The van der Waals surface area contributed by atoms with Crippen molar-refractivity contribution in [3.63, 3.8) is 0 Å². The van der Waals surface area contributed by atoms with Gasteiger partial charge in [0, 0.05) is 11.1 Å². The Morgan fingerprint density at radius 2 is 2.38 bits per heavy atom. The van der Waals surface area contributed by atoms with Gasteiger partial charge in [-0.2, -0.15) is 5.10 Å². The fourth-order valence-electron chi connectivity index (χ4n) is 1.31. The molecule has 0 aliphatic heterocycles. The summed E-state index contributed by atoms with van der Waals surface area (Å²) in [5.41, 5.74) is 1.92. The van der Waals surface area contributed by atoms with Gasteiger partial charge in [-0.15, -0.1) is 11.3 Å². The number of nitrogens with two attached hydrogens (primary N) is 1. The standard InChI is InChI=1S/C8H10N4S/c1-5-4-12-7(3-10-9)6(2)11-8(12)13-5/h3-4H,9H2,1-2H3/b10-3+. The van der Waals surface area contributed by atoms with Crippen LogP contribution in [-0.2, 0) is 0 Å². The predicted octanol–water partition coefficient (Wildman–Crippen LogP) is 1.31. The van der Waals surface area contributed by atoms with Crippen LogP contribution in [0.1, 0.15) is 16.3 Å². The van der Waals surface area contributed by atoms with E-state index in [1.54, 1.807) is 17.6 Å². The van der Waals surface area contributed by atoms with Gasteiger partial charge >= 0.3 is 0 Å². The second kappa shape index (κ2) is 2.85. The van der Waals surface area contributed by atoms with Crippen LogP contribution in [0.15, 0.2) is 11.3 Å². The molecule has 5 heteroatoms. The van der Waals surface area contributed by atoms with Crippen molar-refractivity contribution < 1.29 is 0 Å². The van der Waals surface area contributed by atoms with Crippen molar-refractivity contribution in [2.75, 3.05) is 0 Å². The molecule has 0 saturated carbocycles. The van der Waals surface area contributed by atoms with Crippen LogP contribution < -0.4 is 5.84 Å². The highest BCUT2D eigenvalue weighted by molar-refractivity contribution is 7.17. The lowest BCUT2D eigenvalue weighted by atomic mass is 10.4. The number of rotatable bonds is 1. The average molecular weight is 194 g/mol. The highest BCUT2D eigenvalue weighted by Crippen LogP contribution is 2.19.